The summed E-state index contributed by atoms with van der Waals surface area (Å²) in [6.07, 6.45) is 1.40. The topological polar surface area (TPSA) is 103 Å². The molecule has 1 aromatic heterocycles. The Morgan fingerprint density at radius 2 is 1.83 bits per heavy atom. The Morgan fingerprint density at radius 1 is 1.11 bits per heavy atom. The van der Waals surface area contributed by atoms with Crippen molar-refractivity contribution in [1.29, 1.82) is 0 Å². The van der Waals surface area contributed by atoms with Gasteiger partial charge < -0.3 is 24.3 Å². The van der Waals surface area contributed by atoms with E-state index in [1.54, 1.807) is 11.5 Å². The minimum Gasteiger partial charge on any atom is -0.494 e. The van der Waals surface area contributed by atoms with Crippen molar-refractivity contribution in [3.8, 4) is 5.75 Å². The average Bonchev–Trinajstić information content (AvgIpc) is 3.30. The minimum atomic E-state index is -1.26. The maximum atomic E-state index is 13.8. The maximum absolute atomic E-state index is 13.8. The van der Waals surface area contributed by atoms with E-state index in [1.165, 1.54) is 18.3 Å². The first kappa shape index (κ1) is 24.0. The van der Waals surface area contributed by atoms with Crippen LogP contribution in [-0.2, 0) is 29.2 Å². The van der Waals surface area contributed by atoms with Gasteiger partial charge in [-0.3, -0.25) is 9.59 Å². The smallest absolute Gasteiger partial charge is 0.359 e. The molecule has 182 valence electrons. The molecule has 35 heavy (non-hydrogen) atoms. The molecule has 0 saturated carbocycles. The largest absolute Gasteiger partial charge is 0.494 e. The Morgan fingerprint density at radius 3 is 2.54 bits per heavy atom. The van der Waals surface area contributed by atoms with Crippen LogP contribution in [0, 0.1) is 0 Å². The summed E-state index contributed by atoms with van der Waals surface area (Å²) in [5, 5.41) is 2.97. The fourth-order valence-corrected chi connectivity index (χ4v) is 4.25. The lowest BCUT2D eigenvalue weighted by molar-refractivity contribution is -0.133. The van der Waals surface area contributed by atoms with Crippen LogP contribution in [0.1, 0.15) is 46.0 Å². The van der Waals surface area contributed by atoms with Crippen molar-refractivity contribution in [3.05, 3.63) is 83.4 Å². The summed E-state index contributed by atoms with van der Waals surface area (Å²) in [5.41, 5.74) is 0.451. The number of hydrogen-bond donors (Lipinski definition) is 1. The van der Waals surface area contributed by atoms with Gasteiger partial charge in [0.15, 0.2) is 5.69 Å². The summed E-state index contributed by atoms with van der Waals surface area (Å²) in [5.74, 6) is -0.888. The second kappa shape index (κ2) is 10.0. The number of amides is 2. The molecule has 0 bridgehead atoms. The number of hydrogen-bond acceptors (Lipinski definition) is 6. The molecule has 0 saturated heterocycles. The SMILES string of the molecule is CCOc1ccccc1CN1C(=O)c2c(C(=O)OC)ncn2CC1(C)C(=O)NCc1ccccc1. The number of carbonyl (C=O) groups is 3. The number of methoxy groups -OCH3 is 1. The number of nitrogens with zero attached hydrogens (tertiary/aromatic N) is 3. The number of benzene rings is 2. The standard InChI is InChI=1S/C26H28N4O5/c1-4-35-20-13-9-8-12-19(20)15-30-23(31)22-21(24(32)34-3)28-17-29(22)16-26(30,2)25(33)27-14-18-10-6-5-7-11-18/h5-13,17H,4,14-16H2,1-3H3,(H,27,33). The molecule has 1 atom stereocenters. The second-order valence-corrected chi connectivity index (χ2v) is 8.44. The molecule has 0 fully saturated rings. The molecule has 2 aromatic carbocycles. The van der Waals surface area contributed by atoms with E-state index in [4.69, 9.17) is 9.47 Å². The Balaban J connectivity index is 1.72. The summed E-state index contributed by atoms with van der Waals surface area (Å²) in [7, 11) is 1.23. The van der Waals surface area contributed by atoms with E-state index in [0.717, 1.165) is 11.1 Å². The molecule has 4 rings (SSSR count). The predicted molar refractivity (Wildman–Crippen MR) is 128 cm³/mol. The van der Waals surface area contributed by atoms with Crippen molar-refractivity contribution >= 4 is 17.8 Å². The van der Waals surface area contributed by atoms with Gasteiger partial charge in [0, 0.05) is 12.1 Å². The summed E-state index contributed by atoms with van der Waals surface area (Å²) in [6.45, 7) is 4.60. The van der Waals surface area contributed by atoms with Crippen LogP contribution in [0.5, 0.6) is 5.75 Å². The van der Waals surface area contributed by atoms with Crippen molar-refractivity contribution in [2.75, 3.05) is 13.7 Å². The summed E-state index contributed by atoms with van der Waals surface area (Å²) < 4.78 is 12.1. The van der Waals surface area contributed by atoms with Crippen LogP contribution in [0.3, 0.4) is 0 Å². The Bertz CT molecular complexity index is 1240. The molecule has 2 heterocycles. The van der Waals surface area contributed by atoms with Gasteiger partial charge in [0.1, 0.15) is 17.0 Å². The minimum absolute atomic E-state index is 0.0765. The summed E-state index contributed by atoms with van der Waals surface area (Å²) >= 11 is 0. The maximum Gasteiger partial charge on any atom is 0.359 e. The number of ether oxygens (including phenoxy) is 2. The molecule has 0 spiro atoms. The molecular formula is C26H28N4O5. The van der Waals surface area contributed by atoms with Crippen molar-refractivity contribution in [2.24, 2.45) is 0 Å². The quantitative estimate of drug-likeness (QED) is 0.502. The van der Waals surface area contributed by atoms with Crippen molar-refractivity contribution < 1.29 is 23.9 Å². The highest BCUT2D eigenvalue weighted by atomic mass is 16.5. The van der Waals surface area contributed by atoms with Crippen LogP contribution < -0.4 is 10.1 Å². The van der Waals surface area contributed by atoms with Gasteiger partial charge >= 0.3 is 5.97 Å². The van der Waals surface area contributed by atoms with Crippen molar-refractivity contribution in [2.45, 2.75) is 39.0 Å². The van der Waals surface area contributed by atoms with Crippen LogP contribution in [0.25, 0.3) is 0 Å². The molecule has 9 nitrogen and oxygen atoms in total. The number of rotatable bonds is 8. The van der Waals surface area contributed by atoms with Crippen LogP contribution in [-0.4, -0.2) is 51.5 Å². The third-order valence-electron chi connectivity index (χ3n) is 6.12. The zero-order chi connectivity index (χ0) is 25.0. The highest BCUT2D eigenvalue weighted by Crippen LogP contribution is 2.32. The van der Waals surface area contributed by atoms with E-state index in [1.807, 2.05) is 61.5 Å². The lowest BCUT2D eigenvalue weighted by atomic mass is 9.93. The van der Waals surface area contributed by atoms with E-state index in [2.05, 4.69) is 10.3 Å². The van der Waals surface area contributed by atoms with Crippen LogP contribution >= 0.6 is 0 Å². The monoisotopic (exact) mass is 476 g/mol. The number of imidazole rings is 1. The second-order valence-electron chi connectivity index (χ2n) is 8.44. The molecule has 0 aliphatic carbocycles. The van der Waals surface area contributed by atoms with Gasteiger partial charge in [-0.1, -0.05) is 48.5 Å². The van der Waals surface area contributed by atoms with Gasteiger partial charge in [-0.2, -0.15) is 0 Å². The van der Waals surface area contributed by atoms with E-state index in [0.29, 0.717) is 18.9 Å². The van der Waals surface area contributed by atoms with Crippen molar-refractivity contribution in [1.82, 2.24) is 19.8 Å². The highest BCUT2D eigenvalue weighted by Gasteiger charge is 2.49. The number of nitrogens with one attached hydrogen (secondary N) is 1. The third-order valence-corrected chi connectivity index (χ3v) is 6.12. The van der Waals surface area contributed by atoms with Crippen LogP contribution in [0.15, 0.2) is 60.9 Å². The van der Waals surface area contributed by atoms with Gasteiger partial charge in [-0.15, -0.1) is 0 Å². The van der Waals surface area contributed by atoms with Gasteiger partial charge in [0.2, 0.25) is 5.91 Å². The van der Waals surface area contributed by atoms with Gasteiger partial charge in [0.25, 0.3) is 5.91 Å². The molecule has 9 heteroatoms. The average molecular weight is 477 g/mol. The van der Waals surface area contributed by atoms with Gasteiger partial charge in [-0.25, -0.2) is 9.78 Å². The van der Waals surface area contributed by atoms with E-state index in [9.17, 15) is 14.4 Å². The number of para-hydroxylation sites is 1. The Labute approximate surface area is 203 Å². The highest BCUT2D eigenvalue weighted by molar-refractivity contribution is 6.06. The zero-order valence-corrected chi connectivity index (χ0v) is 20.0. The normalized spacial score (nSPS) is 17.0. The molecule has 3 aromatic rings. The molecular weight excluding hydrogens is 448 g/mol. The van der Waals surface area contributed by atoms with Crippen LogP contribution in [0.2, 0.25) is 0 Å². The van der Waals surface area contributed by atoms with E-state index >= 15 is 0 Å². The summed E-state index contributed by atoms with van der Waals surface area (Å²) in [6, 6.07) is 16.9. The van der Waals surface area contributed by atoms with Gasteiger partial charge in [0.05, 0.1) is 33.1 Å². The number of carbonyl (C=O) groups excluding carboxylic acids is 3. The summed E-state index contributed by atoms with van der Waals surface area (Å²) in [4.78, 5) is 45.3. The molecule has 1 aliphatic heterocycles. The van der Waals surface area contributed by atoms with Crippen LogP contribution in [0.4, 0.5) is 0 Å². The molecule has 1 unspecified atom stereocenters. The molecule has 1 aliphatic rings. The number of aromatic nitrogens is 2. The zero-order valence-electron chi connectivity index (χ0n) is 20.0. The fraction of sp³-hybridized carbons (Fsp3) is 0.308. The molecule has 1 N–H and O–H groups in total. The molecule has 0 radical (unpaired) electrons. The Hall–Kier alpha value is -4.14. The lowest BCUT2D eigenvalue weighted by Gasteiger charge is -2.44. The number of fused-ring (bicyclic) bond motifs is 1. The lowest BCUT2D eigenvalue weighted by Crippen LogP contribution is -2.63. The molecule has 2 amide bonds. The Kier molecular flexibility index (Phi) is 6.86. The van der Waals surface area contributed by atoms with E-state index in [-0.39, 0.29) is 30.4 Å². The first-order valence-corrected chi connectivity index (χ1v) is 11.4. The van der Waals surface area contributed by atoms with E-state index < -0.39 is 17.4 Å². The number of esters is 1. The fourth-order valence-electron chi connectivity index (χ4n) is 4.25. The van der Waals surface area contributed by atoms with Gasteiger partial charge in [-0.05, 0) is 25.5 Å². The first-order valence-electron chi connectivity index (χ1n) is 11.4. The third kappa shape index (κ3) is 4.62. The first-order chi connectivity index (χ1) is 16.9. The van der Waals surface area contributed by atoms with Crippen molar-refractivity contribution in [3.63, 3.8) is 0 Å². The predicted octanol–water partition coefficient (Wildman–Crippen LogP) is 2.80.